The number of aliphatic hydroxyl groups excluding tert-OH is 5. The van der Waals surface area contributed by atoms with Gasteiger partial charge >= 0.3 is 0 Å². The lowest BCUT2D eigenvalue weighted by molar-refractivity contribution is -0.298. The summed E-state index contributed by atoms with van der Waals surface area (Å²) in [6.45, 7) is 3.50. The van der Waals surface area contributed by atoms with Crippen LogP contribution in [0.5, 0.6) is 0 Å². The molecule has 23 heavy (non-hydrogen) atoms. The predicted molar refractivity (Wildman–Crippen MR) is 83.6 cm³/mol. The van der Waals surface area contributed by atoms with E-state index in [4.69, 9.17) is 14.6 Å². The van der Waals surface area contributed by atoms with Crippen molar-refractivity contribution in [3.8, 4) is 0 Å². The Morgan fingerprint density at radius 2 is 1.74 bits per heavy atom. The molecule has 7 nitrogen and oxygen atoms in total. The van der Waals surface area contributed by atoms with Crippen molar-refractivity contribution >= 4 is 0 Å². The number of ether oxygens (including phenoxy) is 2. The topological polar surface area (TPSA) is 120 Å². The molecule has 0 saturated carbocycles. The summed E-state index contributed by atoms with van der Waals surface area (Å²) >= 11 is 0. The highest BCUT2D eigenvalue weighted by molar-refractivity contribution is 5.05. The minimum absolute atomic E-state index is 0.0768. The molecule has 0 aromatic carbocycles. The molecule has 1 heterocycles. The second kappa shape index (κ2) is 10.1. The summed E-state index contributed by atoms with van der Waals surface area (Å²) in [7, 11) is 0. The summed E-state index contributed by atoms with van der Waals surface area (Å²) in [4.78, 5) is 0. The normalized spacial score (nSPS) is 32.0. The van der Waals surface area contributed by atoms with Gasteiger partial charge < -0.3 is 35.0 Å². The molecule has 0 spiro atoms. The van der Waals surface area contributed by atoms with Gasteiger partial charge in [0.2, 0.25) is 0 Å². The lowest BCUT2D eigenvalue weighted by atomic mass is 9.99. The van der Waals surface area contributed by atoms with Gasteiger partial charge in [-0.15, -0.1) is 0 Å². The second-order valence-electron chi connectivity index (χ2n) is 5.87. The van der Waals surface area contributed by atoms with Crippen LogP contribution in [0.25, 0.3) is 0 Å². The third kappa shape index (κ3) is 6.31. The van der Waals surface area contributed by atoms with E-state index in [1.807, 2.05) is 13.8 Å². The minimum atomic E-state index is -1.45. The Kier molecular flexibility index (Phi) is 8.93. The molecular formula is C16H28O7. The van der Waals surface area contributed by atoms with Crippen LogP contribution < -0.4 is 0 Å². The molecule has 1 fully saturated rings. The van der Waals surface area contributed by atoms with Crippen LogP contribution in [0.2, 0.25) is 0 Å². The number of allylic oxidation sites excluding steroid dienone is 2. The van der Waals surface area contributed by atoms with E-state index in [2.05, 4.69) is 6.08 Å². The second-order valence-corrected chi connectivity index (χ2v) is 5.87. The number of aliphatic hydroxyl groups is 5. The Bertz CT molecular complexity index is 401. The largest absolute Gasteiger partial charge is 0.394 e. The first-order valence-electron chi connectivity index (χ1n) is 7.75. The highest BCUT2D eigenvalue weighted by Crippen LogP contribution is 2.22. The van der Waals surface area contributed by atoms with Crippen LogP contribution >= 0.6 is 0 Å². The zero-order valence-electron chi connectivity index (χ0n) is 13.6. The first kappa shape index (κ1) is 20.2. The molecule has 0 bridgehead atoms. The molecule has 0 aromatic heterocycles. The van der Waals surface area contributed by atoms with Crippen LogP contribution in [-0.4, -0.2) is 76.1 Å². The van der Waals surface area contributed by atoms with Gasteiger partial charge in [-0.05, 0) is 32.3 Å². The Hall–Kier alpha value is -0.800. The van der Waals surface area contributed by atoms with Crippen molar-refractivity contribution in [2.24, 2.45) is 0 Å². The molecule has 5 unspecified atom stereocenters. The van der Waals surface area contributed by atoms with Crippen molar-refractivity contribution < 1.29 is 35.0 Å². The molecule has 0 aliphatic carbocycles. The first-order valence-corrected chi connectivity index (χ1v) is 7.75. The van der Waals surface area contributed by atoms with E-state index in [9.17, 15) is 20.4 Å². The van der Waals surface area contributed by atoms with Crippen LogP contribution in [0.15, 0.2) is 23.3 Å². The van der Waals surface area contributed by atoms with Crippen LogP contribution in [0.3, 0.4) is 0 Å². The number of hydrogen-bond acceptors (Lipinski definition) is 7. The maximum atomic E-state index is 9.83. The van der Waals surface area contributed by atoms with E-state index < -0.39 is 37.3 Å². The average molecular weight is 332 g/mol. The molecule has 5 N–H and O–H groups in total. The van der Waals surface area contributed by atoms with Gasteiger partial charge in [0.05, 0.1) is 19.8 Å². The highest BCUT2D eigenvalue weighted by Gasteiger charge is 2.43. The molecule has 1 aliphatic rings. The van der Waals surface area contributed by atoms with Crippen molar-refractivity contribution in [3.05, 3.63) is 23.3 Å². The van der Waals surface area contributed by atoms with Gasteiger partial charge in [0.1, 0.15) is 24.4 Å². The zero-order valence-corrected chi connectivity index (χ0v) is 13.6. The van der Waals surface area contributed by atoms with Crippen LogP contribution in [-0.2, 0) is 9.47 Å². The Morgan fingerprint density at radius 1 is 1.04 bits per heavy atom. The average Bonchev–Trinajstić information content (AvgIpc) is 2.52. The Morgan fingerprint density at radius 3 is 2.30 bits per heavy atom. The van der Waals surface area contributed by atoms with Gasteiger partial charge in [-0.25, -0.2) is 0 Å². The van der Waals surface area contributed by atoms with Gasteiger partial charge in [0, 0.05) is 0 Å². The SMILES string of the molecule is CC(C)=CCCC(=CCOC1OC(CO)C(O)C(O)C1O)CO. The monoisotopic (exact) mass is 332 g/mol. The molecule has 1 aliphatic heterocycles. The fourth-order valence-corrected chi connectivity index (χ4v) is 2.26. The first-order chi connectivity index (χ1) is 10.9. The van der Waals surface area contributed by atoms with Crippen molar-refractivity contribution in [2.75, 3.05) is 19.8 Å². The maximum Gasteiger partial charge on any atom is 0.187 e. The fourth-order valence-electron chi connectivity index (χ4n) is 2.26. The van der Waals surface area contributed by atoms with E-state index in [1.165, 1.54) is 5.57 Å². The van der Waals surface area contributed by atoms with E-state index in [-0.39, 0.29) is 13.2 Å². The Balaban J connectivity index is 2.51. The van der Waals surface area contributed by atoms with Gasteiger partial charge in [-0.2, -0.15) is 0 Å². The quantitative estimate of drug-likeness (QED) is 0.379. The summed E-state index contributed by atoms with van der Waals surface area (Å²) in [6, 6.07) is 0. The number of hydrogen-bond donors (Lipinski definition) is 5. The molecule has 5 atom stereocenters. The lowest BCUT2D eigenvalue weighted by Crippen LogP contribution is -2.59. The van der Waals surface area contributed by atoms with Gasteiger partial charge in [-0.1, -0.05) is 17.7 Å². The lowest BCUT2D eigenvalue weighted by Gasteiger charge is -2.39. The maximum absolute atomic E-state index is 9.83. The Labute approximate surface area is 136 Å². The van der Waals surface area contributed by atoms with Crippen LogP contribution in [0.1, 0.15) is 26.7 Å². The zero-order chi connectivity index (χ0) is 17.4. The van der Waals surface area contributed by atoms with Gasteiger partial charge in [0.25, 0.3) is 0 Å². The summed E-state index contributed by atoms with van der Waals surface area (Å²) in [5.41, 5.74) is 2.01. The third-order valence-electron chi connectivity index (χ3n) is 3.70. The molecule has 7 heteroatoms. The van der Waals surface area contributed by atoms with Crippen molar-refractivity contribution in [1.29, 1.82) is 0 Å². The predicted octanol–water partition coefficient (Wildman–Crippen LogP) is -0.532. The standard InChI is InChI=1S/C16H28O7/c1-10(2)4-3-5-11(8-17)6-7-22-16-15(21)14(20)13(19)12(9-18)23-16/h4,6,12-21H,3,5,7-9H2,1-2H3. The van der Waals surface area contributed by atoms with Crippen molar-refractivity contribution in [3.63, 3.8) is 0 Å². The molecular weight excluding hydrogens is 304 g/mol. The summed E-state index contributed by atoms with van der Waals surface area (Å²) in [5.74, 6) is 0. The minimum Gasteiger partial charge on any atom is -0.394 e. The van der Waals surface area contributed by atoms with E-state index >= 15 is 0 Å². The molecule has 1 rings (SSSR count). The fraction of sp³-hybridized carbons (Fsp3) is 0.750. The van der Waals surface area contributed by atoms with Gasteiger partial charge in [-0.3, -0.25) is 0 Å². The molecule has 1 saturated heterocycles. The molecule has 134 valence electrons. The third-order valence-corrected chi connectivity index (χ3v) is 3.70. The van der Waals surface area contributed by atoms with E-state index in [0.717, 1.165) is 12.0 Å². The summed E-state index contributed by atoms with van der Waals surface area (Å²) in [6.07, 6.45) is -1.13. The molecule has 0 amide bonds. The van der Waals surface area contributed by atoms with E-state index in [0.29, 0.717) is 6.42 Å². The van der Waals surface area contributed by atoms with Crippen LogP contribution in [0, 0.1) is 0 Å². The van der Waals surface area contributed by atoms with Gasteiger partial charge in [0.15, 0.2) is 6.29 Å². The highest BCUT2D eigenvalue weighted by atomic mass is 16.7. The van der Waals surface area contributed by atoms with Crippen LogP contribution in [0.4, 0.5) is 0 Å². The molecule has 0 radical (unpaired) electrons. The van der Waals surface area contributed by atoms with Crippen molar-refractivity contribution in [2.45, 2.75) is 57.4 Å². The molecule has 0 aromatic rings. The van der Waals surface area contributed by atoms with Crippen molar-refractivity contribution in [1.82, 2.24) is 0 Å². The number of rotatable bonds is 8. The van der Waals surface area contributed by atoms with E-state index in [1.54, 1.807) is 6.08 Å². The summed E-state index contributed by atoms with van der Waals surface area (Å²) in [5, 5.41) is 47.6. The smallest absolute Gasteiger partial charge is 0.187 e. The summed E-state index contributed by atoms with van der Waals surface area (Å²) < 4.78 is 10.6.